The van der Waals surface area contributed by atoms with Gasteiger partial charge >= 0.3 is 0 Å². The first-order valence-corrected chi connectivity index (χ1v) is 10.00. The minimum atomic E-state index is -3.92. The lowest BCUT2D eigenvalue weighted by Gasteiger charge is -2.08. The van der Waals surface area contributed by atoms with Crippen LogP contribution in [0.2, 0.25) is 0 Å². The summed E-state index contributed by atoms with van der Waals surface area (Å²) < 4.78 is 31.5. The third-order valence-electron chi connectivity index (χ3n) is 3.08. The van der Waals surface area contributed by atoms with E-state index in [1.165, 1.54) is 37.1 Å². The Morgan fingerprint density at radius 2 is 1.88 bits per heavy atom. The van der Waals surface area contributed by atoms with Gasteiger partial charge in [-0.3, -0.25) is 9.59 Å². The van der Waals surface area contributed by atoms with Crippen molar-refractivity contribution in [3.63, 3.8) is 0 Å². The van der Waals surface area contributed by atoms with Crippen LogP contribution in [0.4, 0.5) is 0 Å². The monoisotopic (exact) mass is 382 g/mol. The molecule has 0 bridgehead atoms. The lowest BCUT2D eigenvalue weighted by atomic mass is 10.2. The summed E-state index contributed by atoms with van der Waals surface area (Å²) in [6.45, 7) is 1.71. The van der Waals surface area contributed by atoms with Gasteiger partial charge in [-0.15, -0.1) is 11.8 Å². The van der Waals surface area contributed by atoms with Crippen LogP contribution in [0.1, 0.15) is 18.2 Å². The zero-order valence-electron chi connectivity index (χ0n) is 13.5. The van der Waals surface area contributed by atoms with E-state index in [0.717, 1.165) is 11.3 Å². The van der Waals surface area contributed by atoms with Crippen molar-refractivity contribution in [3.8, 4) is 0 Å². The van der Waals surface area contributed by atoms with Crippen molar-refractivity contribution < 1.29 is 22.4 Å². The number of hydrogen-bond donors (Lipinski definition) is 2. The van der Waals surface area contributed by atoms with Gasteiger partial charge in [0.1, 0.15) is 5.76 Å². The molecule has 2 amide bonds. The molecule has 0 aliphatic rings. The number of nitrogens with one attached hydrogen (secondary N) is 2. The van der Waals surface area contributed by atoms with Crippen LogP contribution < -0.4 is 10.0 Å². The molecule has 7 nitrogen and oxygen atoms in total. The molecule has 0 saturated heterocycles. The van der Waals surface area contributed by atoms with Crippen molar-refractivity contribution in [3.05, 3.63) is 54.0 Å². The van der Waals surface area contributed by atoms with Gasteiger partial charge in [0.25, 0.3) is 10.0 Å². The molecule has 0 atom stereocenters. The quantitative estimate of drug-likeness (QED) is 0.719. The van der Waals surface area contributed by atoms with Crippen molar-refractivity contribution >= 4 is 33.6 Å². The fourth-order valence-corrected chi connectivity index (χ4v) is 3.69. The fraction of sp³-hybridized carbons (Fsp3) is 0.250. The number of rotatable bonds is 8. The van der Waals surface area contributed by atoms with Crippen LogP contribution >= 0.6 is 11.8 Å². The second-order valence-electron chi connectivity index (χ2n) is 5.15. The maximum absolute atomic E-state index is 12.2. The lowest BCUT2D eigenvalue weighted by molar-refractivity contribution is -0.119. The minimum Gasteiger partial charge on any atom is -0.468 e. The summed E-state index contributed by atoms with van der Waals surface area (Å²) in [5.74, 6) is 0.434. The van der Waals surface area contributed by atoms with Crippen molar-refractivity contribution in [2.24, 2.45) is 0 Å². The first kappa shape index (κ1) is 19.1. The maximum Gasteiger partial charge on any atom is 0.264 e. The highest BCUT2D eigenvalue weighted by Crippen LogP contribution is 2.14. The van der Waals surface area contributed by atoms with Gasteiger partial charge in [0.2, 0.25) is 11.8 Å². The van der Waals surface area contributed by atoms with Gasteiger partial charge in [0.05, 0.1) is 22.7 Å². The normalized spacial score (nSPS) is 11.1. The largest absolute Gasteiger partial charge is 0.468 e. The first-order chi connectivity index (χ1) is 11.9. The molecule has 0 unspecified atom stereocenters. The first-order valence-electron chi connectivity index (χ1n) is 7.36. The molecule has 0 radical (unpaired) electrons. The molecule has 25 heavy (non-hydrogen) atoms. The van der Waals surface area contributed by atoms with Crippen molar-refractivity contribution in [2.75, 3.05) is 5.75 Å². The standard InChI is InChI=1S/C16H18N2O5S2/c1-12(19)17-9-13-4-6-15(7-5-13)25(21,22)18-16(20)11-24-10-14-3-2-8-23-14/h2-8H,9-11H2,1H3,(H,17,19)(H,18,20). The molecule has 0 saturated carbocycles. The number of thioether (sulfide) groups is 1. The van der Waals surface area contributed by atoms with Gasteiger partial charge in [0, 0.05) is 13.5 Å². The number of furan rings is 1. The minimum absolute atomic E-state index is 0.000541. The number of amides is 2. The number of hydrogen-bond acceptors (Lipinski definition) is 6. The Hall–Kier alpha value is -2.26. The molecule has 9 heteroatoms. The van der Waals surface area contributed by atoms with E-state index >= 15 is 0 Å². The molecule has 2 N–H and O–H groups in total. The summed E-state index contributed by atoms with van der Waals surface area (Å²) >= 11 is 1.26. The van der Waals surface area contributed by atoms with Gasteiger partial charge in [-0.25, -0.2) is 13.1 Å². The summed E-state index contributed by atoms with van der Waals surface area (Å²) in [5.41, 5.74) is 0.759. The van der Waals surface area contributed by atoms with Gasteiger partial charge in [0.15, 0.2) is 0 Å². The van der Waals surface area contributed by atoms with E-state index in [4.69, 9.17) is 4.42 Å². The van der Waals surface area contributed by atoms with Crippen molar-refractivity contribution in [1.82, 2.24) is 10.0 Å². The Bertz CT molecular complexity index is 815. The van der Waals surface area contributed by atoms with E-state index in [0.29, 0.717) is 12.3 Å². The lowest BCUT2D eigenvalue weighted by Crippen LogP contribution is -2.32. The summed E-state index contributed by atoms with van der Waals surface area (Å²) in [5, 5.41) is 2.62. The smallest absolute Gasteiger partial charge is 0.264 e. The Morgan fingerprint density at radius 3 is 2.48 bits per heavy atom. The molecule has 2 rings (SSSR count). The predicted molar refractivity (Wildman–Crippen MR) is 94.2 cm³/mol. The molecule has 0 spiro atoms. The SMILES string of the molecule is CC(=O)NCc1ccc(S(=O)(=O)NC(=O)CSCc2ccco2)cc1. The van der Waals surface area contributed by atoms with Crippen molar-refractivity contribution in [1.29, 1.82) is 0 Å². The Balaban J connectivity index is 1.87. The van der Waals surface area contributed by atoms with Gasteiger partial charge in [-0.2, -0.15) is 0 Å². The summed E-state index contributed by atoms with van der Waals surface area (Å²) in [7, 11) is -3.92. The number of sulfonamides is 1. The molecule has 1 heterocycles. The third kappa shape index (κ3) is 6.28. The Labute approximate surface area is 150 Å². The number of benzene rings is 1. The second kappa shape index (κ2) is 8.72. The summed E-state index contributed by atoms with van der Waals surface area (Å²) in [4.78, 5) is 22.7. The van der Waals surface area contributed by atoms with Crippen LogP contribution in [0, 0.1) is 0 Å². The van der Waals surface area contributed by atoms with Gasteiger partial charge in [-0.1, -0.05) is 12.1 Å². The predicted octanol–water partition coefficient (Wildman–Crippen LogP) is 1.65. The van der Waals surface area contributed by atoms with Crippen LogP contribution in [0.3, 0.4) is 0 Å². The van der Waals surface area contributed by atoms with Crippen molar-refractivity contribution in [2.45, 2.75) is 24.1 Å². The molecule has 134 valence electrons. The van der Waals surface area contributed by atoms with E-state index in [-0.39, 0.29) is 16.6 Å². The van der Waals surface area contributed by atoms with E-state index < -0.39 is 15.9 Å². The zero-order valence-corrected chi connectivity index (χ0v) is 15.2. The van der Waals surface area contributed by atoms with E-state index in [2.05, 4.69) is 5.32 Å². The Kier molecular flexibility index (Phi) is 6.65. The highest BCUT2D eigenvalue weighted by Gasteiger charge is 2.17. The van der Waals surface area contributed by atoms with Gasteiger partial charge < -0.3 is 9.73 Å². The maximum atomic E-state index is 12.2. The summed E-state index contributed by atoms with van der Waals surface area (Å²) in [6.07, 6.45) is 1.54. The number of carbonyl (C=O) groups is 2. The molecule has 0 aliphatic heterocycles. The van der Waals surface area contributed by atoms with E-state index in [1.54, 1.807) is 24.3 Å². The topological polar surface area (TPSA) is 105 Å². The molecular weight excluding hydrogens is 364 g/mol. The van der Waals surface area contributed by atoms with Gasteiger partial charge in [-0.05, 0) is 29.8 Å². The van der Waals surface area contributed by atoms with E-state index in [9.17, 15) is 18.0 Å². The van der Waals surface area contributed by atoms with Crippen LogP contribution in [0.15, 0.2) is 52.0 Å². The summed E-state index contributed by atoms with van der Waals surface area (Å²) in [6, 6.07) is 9.48. The van der Waals surface area contributed by atoms with Crippen LogP contribution in [0.25, 0.3) is 0 Å². The van der Waals surface area contributed by atoms with Crippen LogP contribution in [-0.4, -0.2) is 26.0 Å². The molecule has 0 fully saturated rings. The molecule has 1 aromatic carbocycles. The third-order valence-corrected chi connectivity index (χ3v) is 5.43. The highest BCUT2D eigenvalue weighted by atomic mass is 32.2. The zero-order chi connectivity index (χ0) is 18.3. The van der Waals surface area contributed by atoms with E-state index in [1.807, 2.05) is 4.72 Å². The average molecular weight is 382 g/mol. The average Bonchev–Trinajstić information content (AvgIpc) is 3.06. The van der Waals surface area contributed by atoms with Crippen LogP contribution in [0.5, 0.6) is 0 Å². The molecule has 0 aliphatic carbocycles. The number of carbonyl (C=O) groups excluding carboxylic acids is 2. The molecule has 1 aromatic heterocycles. The van der Waals surface area contributed by atoms with Crippen LogP contribution in [-0.2, 0) is 31.9 Å². The second-order valence-corrected chi connectivity index (χ2v) is 7.82. The fourth-order valence-electron chi connectivity index (χ4n) is 1.89. The molecule has 2 aromatic rings. The highest BCUT2D eigenvalue weighted by molar-refractivity contribution is 7.99. The molecular formula is C16H18N2O5S2. The Morgan fingerprint density at radius 1 is 1.16 bits per heavy atom.